The van der Waals surface area contributed by atoms with Crippen LogP contribution in [0.15, 0.2) is 24.3 Å². The topological polar surface area (TPSA) is 88.4 Å². The van der Waals surface area contributed by atoms with Gasteiger partial charge in [0.15, 0.2) is 6.61 Å². The lowest BCUT2D eigenvalue weighted by atomic mass is 10.2. The van der Waals surface area contributed by atoms with Crippen molar-refractivity contribution < 1.29 is 19.1 Å². The van der Waals surface area contributed by atoms with Crippen LogP contribution in [0.25, 0.3) is 0 Å². The van der Waals surface area contributed by atoms with Crippen molar-refractivity contribution in [3.05, 3.63) is 45.8 Å². The zero-order chi connectivity index (χ0) is 19.1. The molecule has 0 unspecified atom stereocenters. The van der Waals surface area contributed by atoms with E-state index in [1.54, 1.807) is 26.0 Å². The van der Waals surface area contributed by atoms with Crippen LogP contribution in [-0.2, 0) is 16.0 Å². The van der Waals surface area contributed by atoms with Crippen molar-refractivity contribution in [1.82, 2.24) is 0 Å². The maximum atomic E-state index is 12.1. The average Bonchev–Trinajstić information content (AvgIpc) is 2.95. The molecule has 26 heavy (non-hydrogen) atoms. The summed E-state index contributed by atoms with van der Waals surface area (Å²) >= 11 is 1.03. The van der Waals surface area contributed by atoms with E-state index in [0.717, 1.165) is 17.8 Å². The molecule has 0 bridgehead atoms. The molecule has 0 aliphatic heterocycles. The number of benzene rings is 1. The van der Waals surface area contributed by atoms with E-state index >= 15 is 0 Å². The number of nitrogens with one attached hydrogen (secondary N) is 1. The van der Waals surface area contributed by atoms with Crippen LogP contribution >= 0.6 is 11.3 Å². The summed E-state index contributed by atoms with van der Waals surface area (Å²) in [5.41, 5.74) is 1.95. The Morgan fingerprint density at radius 1 is 1.23 bits per heavy atom. The second-order valence-corrected chi connectivity index (χ2v) is 6.45. The summed E-state index contributed by atoms with van der Waals surface area (Å²) in [6.45, 7) is 5.47. The molecule has 1 aromatic carbocycles. The van der Waals surface area contributed by atoms with E-state index in [0.29, 0.717) is 21.2 Å². The minimum absolute atomic E-state index is 0.192. The van der Waals surface area contributed by atoms with Crippen LogP contribution in [0.4, 0.5) is 5.00 Å². The van der Waals surface area contributed by atoms with Crippen LogP contribution in [0.5, 0.6) is 5.75 Å². The fourth-order valence-electron chi connectivity index (χ4n) is 2.26. The zero-order valence-corrected chi connectivity index (χ0v) is 15.7. The largest absolute Gasteiger partial charge is 0.484 e. The van der Waals surface area contributed by atoms with Crippen molar-refractivity contribution in [2.24, 2.45) is 0 Å². The maximum Gasteiger partial charge on any atom is 0.348 e. The molecule has 0 saturated carbocycles. The first kappa shape index (κ1) is 19.5. The minimum Gasteiger partial charge on any atom is -0.484 e. The highest BCUT2D eigenvalue weighted by Gasteiger charge is 2.22. The van der Waals surface area contributed by atoms with E-state index < -0.39 is 11.9 Å². The maximum absolute atomic E-state index is 12.1. The average molecular weight is 372 g/mol. The first-order chi connectivity index (χ1) is 12.5. The number of amides is 1. The molecule has 7 heteroatoms. The monoisotopic (exact) mass is 372 g/mol. The van der Waals surface area contributed by atoms with Crippen LogP contribution in [0, 0.1) is 18.3 Å². The van der Waals surface area contributed by atoms with Gasteiger partial charge in [-0.3, -0.25) is 4.79 Å². The lowest BCUT2D eigenvalue weighted by Crippen LogP contribution is -2.20. The third kappa shape index (κ3) is 4.61. The molecule has 1 heterocycles. The van der Waals surface area contributed by atoms with Crippen molar-refractivity contribution in [2.45, 2.75) is 27.2 Å². The summed E-state index contributed by atoms with van der Waals surface area (Å²) < 4.78 is 10.4. The molecule has 1 aromatic heterocycles. The minimum atomic E-state index is -0.501. The van der Waals surface area contributed by atoms with Crippen molar-refractivity contribution in [2.75, 3.05) is 18.5 Å². The quantitative estimate of drug-likeness (QED) is 0.749. The van der Waals surface area contributed by atoms with Gasteiger partial charge in [-0.05, 0) is 43.5 Å². The molecule has 2 aromatic rings. The lowest BCUT2D eigenvalue weighted by Gasteiger charge is -2.07. The van der Waals surface area contributed by atoms with Gasteiger partial charge >= 0.3 is 5.97 Å². The van der Waals surface area contributed by atoms with Crippen LogP contribution < -0.4 is 10.1 Å². The number of carbonyl (C=O) groups excluding carboxylic acids is 2. The lowest BCUT2D eigenvalue weighted by molar-refractivity contribution is -0.118. The van der Waals surface area contributed by atoms with Crippen LogP contribution in [0.3, 0.4) is 0 Å². The smallest absolute Gasteiger partial charge is 0.348 e. The molecular weight excluding hydrogens is 352 g/mol. The molecule has 0 atom stereocenters. The number of nitriles is 1. The fourth-order valence-corrected chi connectivity index (χ4v) is 3.33. The molecule has 136 valence electrons. The molecular formula is C19H20N2O4S. The Labute approximate surface area is 156 Å². The summed E-state index contributed by atoms with van der Waals surface area (Å²) in [5, 5.41) is 12.3. The number of aryl methyl sites for hydroxylation is 1. The van der Waals surface area contributed by atoms with Crippen molar-refractivity contribution in [3.63, 3.8) is 0 Å². The van der Waals surface area contributed by atoms with E-state index in [1.807, 2.05) is 18.2 Å². The standard InChI is InChI=1S/C19H20N2O4S/c1-4-13-6-8-14(9-7-13)25-11-16(22)21-18-15(10-20)12(3)17(26-18)19(23)24-5-2/h6-9H,4-5,11H2,1-3H3,(H,21,22). The predicted molar refractivity (Wildman–Crippen MR) is 99.7 cm³/mol. The summed E-state index contributed by atoms with van der Waals surface area (Å²) in [6, 6.07) is 9.51. The number of hydrogen-bond donors (Lipinski definition) is 1. The number of carbonyl (C=O) groups is 2. The van der Waals surface area contributed by atoms with Gasteiger partial charge in [-0.25, -0.2) is 4.79 Å². The second-order valence-electron chi connectivity index (χ2n) is 5.43. The first-order valence-corrected chi connectivity index (χ1v) is 9.03. The van der Waals surface area contributed by atoms with Gasteiger partial charge in [0, 0.05) is 0 Å². The number of esters is 1. The Morgan fingerprint density at radius 2 is 1.92 bits per heavy atom. The van der Waals surface area contributed by atoms with Crippen molar-refractivity contribution in [3.8, 4) is 11.8 Å². The van der Waals surface area contributed by atoms with Gasteiger partial charge in [0.2, 0.25) is 0 Å². The molecule has 0 radical (unpaired) electrons. The number of nitrogens with zero attached hydrogens (tertiary/aromatic N) is 1. The Balaban J connectivity index is 2.04. The van der Waals surface area contributed by atoms with Gasteiger partial charge in [-0.1, -0.05) is 19.1 Å². The molecule has 0 fully saturated rings. The number of rotatable bonds is 7. The molecule has 0 saturated heterocycles. The second kappa shape index (κ2) is 9.02. The van der Waals surface area contributed by atoms with E-state index in [2.05, 4.69) is 12.2 Å². The molecule has 1 amide bonds. The number of hydrogen-bond acceptors (Lipinski definition) is 6. The first-order valence-electron chi connectivity index (χ1n) is 8.22. The molecule has 6 nitrogen and oxygen atoms in total. The fraction of sp³-hybridized carbons (Fsp3) is 0.316. The Kier molecular flexibility index (Phi) is 6.75. The molecule has 1 N–H and O–H groups in total. The van der Waals surface area contributed by atoms with Crippen molar-refractivity contribution >= 4 is 28.2 Å². The highest BCUT2D eigenvalue weighted by atomic mass is 32.1. The van der Waals surface area contributed by atoms with E-state index in [4.69, 9.17) is 9.47 Å². The Morgan fingerprint density at radius 3 is 2.50 bits per heavy atom. The highest BCUT2D eigenvalue weighted by Crippen LogP contribution is 2.33. The van der Waals surface area contributed by atoms with Crippen LogP contribution in [-0.4, -0.2) is 25.1 Å². The Bertz CT molecular complexity index is 834. The molecule has 0 aliphatic carbocycles. The van der Waals surface area contributed by atoms with Gasteiger partial charge in [0.25, 0.3) is 5.91 Å². The van der Waals surface area contributed by atoms with E-state index in [9.17, 15) is 14.9 Å². The Hall–Kier alpha value is -2.85. The summed E-state index contributed by atoms with van der Waals surface area (Å²) in [7, 11) is 0. The zero-order valence-electron chi connectivity index (χ0n) is 14.9. The highest BCUT2D eigenvalue weighted by molar-refractivity contribution is 7.18. The van der Waals surface area contributed by atoms with Gasteiger partial charge in [-0.15, -0.1) is 11.3 Å². The van der Waals surface area contributed by atoms with Crippen molar-refractivity contribution in [1.29, 1.82) is 5.26 Å². The summed E-state index contributed by atoms with van der Waals surface area (Å²) in [4.78, 5) is 24.4. The summed E-state index contributed by atoms with van der Waals surface area (Å²) in [5.74, 6) is -0.315. The van der Waals surface area contributed by atoms with Crippen LogP contribution in [0.1, 0.15) is 40.2 Å². The van der Waals surface area contributed by atoms with Gasteiger partial charge in [0.1, 0.15) is 21.7 Å². The molecule has 0 spiro atoms. The SMILES string of the molecule is CCOC(=O)c1sc(NC(=O)COc2ccc(CC)cc2)c(C#N)c1C. The molecule has 2 rings (SSSR count). The number of thiophene rings is 1. The third-order valence-electron chi connectivity index (χ3n) is 3.67. The normalized spacial score (nSPS) is 10.1. The van der Waals surface area contributed by atoms with Gasteiger partial charge < -0.3 is 14.8 Å². The van der Waals surface area contributed by atoms with Gasteiger partial charge in [0.05, 0.1) is 12.2 Å². The number of ether oxygens (including phenoxy) is 2. The third-order valence-corrected chi connectivity index (χ3v) is 4.86. The van der Waals surface area contributed by atoms with Gasteiger partial charge in [-0.2, -0.15) is 5.26 Å². The van der Waals surface area contributed by atoms with E-state index in [1.165, 1.54) is 5.56 Å². The van der Waals surface area contributed by atoms with E-state index in [-0.39, 0.29) is 18.8 Å². The summed E-state index contributed by atoms with van der Waals surface area (Å²) in [6.07, 6.45) is 0.929. The number of anilines is 1. The predicted octanol–water partition coefficient (Wildman–Crippen LogP) is 3.68. The molecule has 0 aliphatic rings. The van der Waals surface area contributed by atoms with Crippen LogP contribution in [0.2, 0.25) is 0 Å².